The van der Waals surface area contributed by atoms with Crippen LogP contribution in [0.4, 0.5) is 9.52 Å². The number of thiazole rings is 1. The number of benzene rings is 2. The molecule has 3 aromatic rings. The molecule has 0 bridgehead atoms. The Morgan fingerprint density at radius 2 is 1.94 bits per heavy atom. The van der Waals surface area contributed by atoms with E-state index < -0.39 is 35.3 Å². The van der Waals surface area contributed by atoms with Crippen molar-refractivity contribution in [2.75, 3.05) is 11.5 Å². The highest BCUT2D eigenvalue weighted by Crippen LogP contribution is 2.44. The van der Waals surface area contributed by atoms with Gasteiger partial charge in [-0.25, -0.2) is 14.2 Å². The van der Waals surface area contributed by atoms with Crippen LogP contribution in [0.3, 0.4) is 0 Å². The fourth-order valence-corrected chi connectivity index (χ4v) is 4.87. The Morgan fingerprint density at radius 3 is 2.58 bits per heavy atom. The number of amides is 1. The summed E-state index contributed by atoms with van der Waals surface area (Å²) >= 11 is 6.92. The van der Waals surface area contributed by atoms with Crippen LogP contribution in [0.25, 0.3) is 5.76 Å². The maximum Gasteiger partial charge on any atom is 0.350 e. The summed E-state index contributed by atoms with van der Waals surface area (Å²) in [7, 11) is 0. The van der Waals surface area contributed by atoms with Crippen LogP contribution in [0.1, 0.15) is 38.1 Å². The first-order chi connectivity index (χ1) is 17.1. The van der Waals surface area contributed by atoms with Crippen LogP contribution < -0.4 is 4.90 Å². The minimum absolute atomic E-state index is 0.00605. The summed E-state index contributed by atoms with van der Waals surface area (Å²) in [5, 5.41) is 11.6. The predicted molar refractivity (Wildman–Crippen MR) is 135 cm³/mol. The van der Waals surface area contributed by atoms with Crippen molar-refractivity contribution in [2.24, 2.45) is 0 Å². The topological polar surface area (TPSA) is 96.8 Å². The standard InChI is InChI=1S/C26H20ClFN2O5S/c1-4-11-35-25(34)23-14(3)29-26(36-23)30-20(15-7-9-17(27)10-8-15)19(22(32)24(30)33)21(31)16-6-5-13(2)18(28)12-16/h4-10,12,20,31H,1,11H2,2-3H3/b21-19-. The lowest BCUT2D eigenvalue weighted by molar-refractivity contribution is -0.132. The van der Waals surface area contributed by atoms with Gasteiger partial charge < -0.3 is 9.84 Å². The molecule has 0 radical (unpaired) electrons. The first-order valence-corrected chi connectivity index (χ1v) is 11.9. The highest BCUT2D eigenvalue weighted by molar-refractivity contribution is 7.17. The van der Waals surface area contributed by atoms with Crippen LogP contribution in [-0.4, -0.2) is 34.4 Å². The van der Waals surface area contributed by atoms with Crippen molar-refractivity contribution >= 4 is 51.5 Å². The molecule has 2 aromatic carbocycles. The number of anilines is 1. The normalized spacial score (nSPS) is 16.9. The molecule has 1 unspecified atom stereocenters. The Bertz CT molecular complexity index is 1430. The van der Waals surface area contributed by atoms with Crippen LogP contribution >= 0.6 is 22.9 Å². The third-order valence-corrected chi connectivity index (χ3v) is 6.97. The summed E-state index contributed by atoms with van der Waals surface area (Å²) in [6, 6.07) is 9.28. The average Bonchev–Trinajstić information content (AvgIpc) is 3.36. The lowest BCUT2D eigenvalue weighted by Crippen LogP contribution is -2.29. The number of aliphatic hydroxyl groups is 1. The molecule has 1 saturated heterocycles. The van der Waals surface area contributed by atoms with Gasteiger partial charge in [0.15, 0.2) is 5.13 Å². The van der Waals surface area contributed by atoms with E-state index in [1.54, 1.807) is 38.1 Å². The molecule has 36 heavy (non-hydrogen) atoms. The molecule has 10 heteroatoms. The maximum absolute atomic E-state index is 14.2. The molecule has 0 aliphatic carbocycles. The fourth-order valence-electron chi connectivity index (χ4n) is 3.76. The van der Waals surface area contributed by atoms with E-state index in [1.807, 2.05) is 0 Å². The second kappa shape index (κ2) is 10.0. The number of Topliss-reactive ketones (excluding diaryl/α,β-unsaturated/α-hetero) is 1. The third-order valence-electron chi connectivity index (χ3n) is 5.58. The molecule has 1 atom stereocenters. The van der Waals surface area contributed by atoms with Gasteiger partial charge in [-0.3, -0.25) is 14.5 Å². The van der Waals surface area contributed by atoms with Crippen molar-refractivity contribution in [1.29, 1.82) is 0 Å². The van der Waals surface area contributed by atoms with Gasteiger partial charge in [0.25, 0.3) is 5.78 Å². The molecule has 4 rings (SSSR count). The van der Waals surface area contributed by atoms with Gasteiger partial charge in [0.2, 0.25) is 0 Å². The van der Waals surface area contributed by atoms with E-state index in [2.05, 4.69) is 11.6 Å². The monoisotopic (exact) mass is 526 g/mol. The van der Waals surface area contributed by atoms with Crippen LogP contribution in [0, 0.1) is 19.7 Å². The molecular formula is C26H20ClFN2O5S. The van der Waals surface area contributed by atoms with Crippen molar-refractivity contribution in [3.05, 3.63) is 98.8 Å². The zero-order valence-electron chi connectivity index (χ0n) is 19.2. The van der Waals surface area contributed by atoms with Crippen molar-refractivity contribution in [2.45, 2.75) is 19.9 Å². The van der Waals surface area contributed by atoms with E-state index >= 15 is 0 Å². The molecule has 0 spiro atoms. The van der Waals surface area contributed by atoms with E-state index in [-0.39, 0.29) is 27.8 Å². The van der Waals surface area contributed by atoms with Crippen LogP contribution in [0.15, 0.2) is 60.7 Å². The maximum atomic E-state index is 14.2. The smallest absolute Gasteiger partial charge is 0.350 e. The van der Waals surface area contributed by atoms with E-state index in [1.165, 1.54) is 18.2 Å². The Kier molecular flexibility index (Phi) is 7.05. The number of aromatic nitrogens is 1. The zero-order valence-corrected chi connectivity index (χ0v) is 20.8. The number of aliphatic hydroxyl groups excluding tert-OH is 1. The minimum Gasteiger partial charge on any atom is -0.507 e. The number of aryl methyl sites for hydroxylation is 2. The van der Waals surface area contributed by atoms with E-state index in [0.29, 0.717) is 21.8 Å². The largest absolute Gasteiger partial charge is 0.507 e. The highest BCUT2D eigenvalue weighted by atomic mass is 35.5. The van der Waals surface area contributed by atoms with Gasteiger partial charge in [-0.05, 0) is 43.2 Å². The summed E-state index contributed by atoms with van der Waals surface area (Å²) < 4.78 is 19.3. The number of carbonyl (C=O) groups excluding carboxylic acids is 3. The lowest BCUT2D eigenvalue weighted by atomic mass is 9.95. The number of rotatable bonds is 6. The third kappa shape index (κ3) is 4.55. The Morgan fingerprint density at radius 1 is 1.25 bits per heavy atom. The molecule has 1 aliphatic rings. The van der Waals surface area contributed by atoms with E-state index in [9.17, 15) is 23.9 Å². The number of halogens is 2. The van der Waals surface area contributed by atoms with Gasteiger partial charge in [0, 0.05) is 10.6 Å². The van der Waals surface area contributed by atoms with Crippen molar-refractivity contribution in [3.63, 3.8) is 0 Å². The van der Waals surface area contributed by atoms with Crippen molar-refractivity contribution in [1.82, 2.24) is 4.98 Å². The number of nitrogens with zero attached hydrogens (tertiary/aromatic N) is 2. The van der Waals surface area contributed by atoms with Crippen LogP contribution in [-0.2, 0) is 14.3 Å². The molecule has 0 saturated carbocycles. The zero-order chi connectivity index (χ0) is 26.1. The van der Waals surface area contributed by atoms with E-state index in [0.717, 1.165) is 22.3 Å². The molecule has 1 amide bonds. The average molecular weight is 527 g/mol. The summed E-state index contributed by atoms with van der Waals surface area (Å²) in [6.07, 6.45) is 1.42. The summed E-state index contributed by atoms with van der Waals surface area (Å²) in [5.74, 6) is -3.69. The van der Waals surface area contributed by atoms with Gasteiger partial charge in [-0.2, -0.15) is 0 Å². The molecular weight excluding hydrogens is 507 g/mol. The Hall–Kier alpha value is -3.82. The predicted octanol–water partition coefficient (Wildman–Crippen LogP) is 5.52. The molecule has 7 nitrogen and oxygen atoms in total. The second-order valence-electron chi connectivity index (χ2n) is 7.98. The molecule has 2 heterocycles. The summed E-state index contributed by atoms with van der Waals surface area (Å²) in [4.78, 5) is 44.5. The van der Waals surface area contributed by atoms with Crippen molar-refractivity contribution in [3.8, 4) is 0 Å². The molecule has 1 N–H and O–H groups in total. The van der Waals surface area contributed by atoms with Crippen LogP contribution in [0.5, 0.6) is 0 Å². The first kappa shape index (κ1) is 25.3. The summed E-state index contributed by atoms with van der Waals surface area (Å²) in [5.41, 5.74) is 0.918. The Labute approximate surface area is 215 Å². The number of ketones is 1. The SMILES string of the molecule is C=CCOC(=O)c1sc(N2C(=O)C(=O)/C(=C(\O)c3ccc(C)c(F)c3)C2c2ccc(Cl)cc2)nc1C. The first-order valence-electron chi connectivity index (χ1n) is 10.7. The van der Waals surface area contributed by atoms with Gasteiger partial charge in [0.1, 0.15) is 23.1 Å². The molecule has 1 aromatic heterocycles. The number of hydrogen-bond donors (Lipinski definition) is 1. The van der Waals surface area contributed by atoms with Gasteiger partial charge in [-0.1, -0.05) is 59.9 Å². The van der Waals surface area contributed by atoms with Gasteiger partial charge in [-0.15, -0.1) is 0 Å². The fraction of sp³-hybridized carbons (Fsp3) is 0.154. The Balaban J connectivity index is 1.89. The van der Waals surface area contributed by atoms with E-state index in [4.69, 9.17) is 16.3 Å². The molecule has 184 valence electrons. The second-order valence-corrected chi connectivity index (χ2v) is 9.40. The van der Waals surface area contributed by atoms with Gasteiger partial charge >= 0.3 is 11.9 Å². The number of hydrogen-bond acceptors (Lipinski definition) is 7. The number of carbonyl (C=O) groups is 3. The van der Waals surface area contributed by atoms with Gasteiger partial charge in [0.05, 0.1) is 17.3 Å². The highest BCUT2D eigenvalue weighted by Gasteiger charge is 2.48. The molecule has 1 fully saturated rings. The number of esters is 1. The minimum atomic E-state index is -1.10. The number of ether oxygens (including phenoxy) is 1. The molecule has 1 aliphatic heterocycles. The summed E-state index contributed by atoms with van der Waals surface area (Å²) in [6.45, 7) is 6.64. The van der Waals surface area contributed by atoms with Crippen LogP contribution in [0.2, 0.25) is 5.02 Å². The quantitative estimate of drug-likeness (QED) is 0.149. The van der Waals surface area contributed by atoms with Crippen molar-refractivity contribution < 1.29 is 28.6 Å². The lowest BCUT2D eigenvalue weighted by Gasteiger charge is -2.23.